The number of rotatable bonds is 6. The van der Waals surface area contributed by atoms with Crippen LogP contribution in [0.1, 0.15) is 57.4 Å². The lowest BCUT2D eigenvalue weighted by molar-refractivity contribution is -0.128. The number of benzene rings is 1. The minimum atomic E-state index is -0.645. The molecular weight excluding hydrogens is 340 g/mol. The summed E-state index contributed by atoms with van der Waals surface area (Å²) in [5.74, 6) is 0.183. The number of aliphatic hydroxyl groups excluding tert-OH is 1. The maximum absolute atomic E-state index is 12.9. The largest absolute Gasteiger partial charge is 0.391 e. The molecule has 148 valence electrons. The molecule has 3 rings (SSSR count). The van der Waals surface area contributed by atoms with Crippen molar-refractivity contribution < 1.29 is 14.7 Å². The number of amides is 2. The minimum absolute atomic E-state index is 0.00285. The average molecular weight is 373 g/mol. The molecule has 2 saturated carbocycles. The van der Waals surface area contributed by atoms with Crippen molar-refractivity contribution in [2.75, 3.05) is 0 Å². The first-order valence-electron chi connectivity index (χ1n) is 10.4. The quantitative estimate of drug-likeness (QED) is 0.718. The molecule has 1 aromatic carbocycles. The van der Waals surface area contributed by atoms with Crippen LogP contribution in [0.3, 0.4) is 0 Å². The van der Waals surface area contributed by atoms with Gasteiger partial charge in [-0.3, -0.25) is 9.59 Å². The fourth-order valence-corrected chi connectivity index (χ4v) is 4.89. The number of carbonyl (C=O) groups is 2. The third kappa shape index (κ3) is 4.89. The lowest BCUT2D eigenvalue weighted by atomic mass is 9.82. The molecule has 5 atom stereocenters. The van der Waals surface area contributed by atoms with Gasteiger partial charge in [0.2, 0.25) is 11.8 Å². The second-order valence-electron chi connectivity index (χ2n) is 8.07. The molecule has 0 heterocycles. The Labute approximate surface area is 161 Å². The highest BCUT2D eigenvalue weighted by atomic mass is 16.3. The van der Waals surface area contributed by atoms with Gasteiger partial charge < -0.3 is 15.7 Å². The summed E-state index contributed by atoms with van der Waals surface area (Å²) in [7, 11) is 0. The van der Waals surface area contributed by atoms with Gasteiger partial charge in [-0.2, -0.15) is 0 Å². The van der Waals surface area contributed by atoms with Gasteiger partial charge in [-0.15, -0.1) is 0 Å². The van der Waals surface area contributed by atoms with Gasteiger partial charge in [0.1, 0.15) is 0 Å². The average Bonchev–Trinajstić information content (AvgIpc) is 3.03. The predicted octanol–water partition coefficient (Wildman–Crippen LogP) is 2.77. The predicted molar refractivity (Wildman–Crippen MR) is 105 cm³/mol. The smallest absolute Gasteiger partial charge is 0.223 e. The molecule has 0 saturated heterocycles. The van der Waals surface area contributed by atoms with E-state index in [0.29, 0.717) is 18.9 Å². The van der Waals surface area contributed by atoms with Crippen molar-refractivity contribution in [3.63, 3.8) is 0 Å². The van der Waals surface area contributed by atoms with E-state index in [9.17, 15) is 14.7 Å². The van der Waals surface area contributed by atoms with Crippen molar-refractivity contribution in [2.45, 2.75) is 70.6 Å². The molecule has 0 aromatic heterocycles. The summed E-state index contributed by atoms with van der Waals surface area (Å²) in [4.78, 5) is 24.9. The summed E-state index contributed by atoms with van der Waals surface area (Å²) >= 11 is 0. The summed E-state index contributed by atoms with van der Waals surface area (Å²) in [6.45, 7) is 2.49. The second-order valence-corrected chi connectivity index (χ2v) is 8.07. The normalized spacial score (nSPS) is 30.2. The van der Waals surface area contributed by atoms with E-state index < -0.39 is 6.10 Å². The molecule has 2 aliphatic carbocycles. The molecule has 0 unspecified atom stereocenters. The van der Waals surface area contributed by atoms with Gasteiger partial charge in [0, 0.05) is 24.8 Å². The van der Waals surface area contributed by atoms with Gasteiger partial charge in [0.15, 0.2) is 0 Å². The van der Waals surface area contributed by atoms with Crippen LogP contribution in [-0.4, -0.2) is 29.1 Å². The monoisotopic (exact) mass is 372 g/mol. The SMILES string of the molecule is CCCC(=O)N[C@H]1CCC[C@H]2CC[C@@H](C(=O)NCc3ccccc3)[C@@H]2[C@H]1O. The number of carbonyl (C=O) groups excluding carboxylic acids is 2. The van der Waals surface area contributed by atoms with E-state index in [2.05, 4.69) is 10.6 Å². The highest BCUT2D eigenvalue weighted by molar-refractivity contribution is 5.79. The lowest BCUT2D eigenvalue weighted by Crippen LogP contribution is -2.49. The summed E-state index contributed by atoms with van der Waals surface area (Å²) in [6, 6.07) is 9.65. The van der Waals surface area contributed by atoms with Crippen molar-refractivity contribution in [2.24, 2.45) is 17.8 Å². The molecule has 0 spiro atoms. The topological polar surface area (TPSA) is 78.4 Å². The number of fused-ring (bicyclic) bond motifs is 1. The van der Waals surface area contributed by atoms with Crippen LogP contribution in [0, 0.1) is 17.8 Å². The fourth-order valence-electron chi connectivity index (χ4n) is 4.89. The number of hydrogen-bond donors (Lipinski definition) is 3. The number of aliphatic hydroxyl groups is 1. The van der Waals surface area contributed by atoms with E-state index in [1.54, 1.807) is 0 Å². The Kier molecular flexibility index (Phi) is 6.89. The fraction of sp³-hybridized carbons (Fsp3) is 0.636. The van der Waals surface area contributed by atoms with Gasteiger partial charge >= 0.3 is 0 Å². The third-order valence-corrected chi connectivity index (χ3v) is 6.22. The van der Waals surface area contributed by atoms with Gasteiger partial charge in [0.25, 0.3) is 0 Å². The van der Waals surface area contributed by atoms with Crippen LogP contribution in [0.5, 0.6) is 0 Å². The Morgan fingerprint density at radius 3 is 2.63 bits per heavy atom. The first-order chi connectivity index (χ1) is 13.1. The zero-order valence-corrected chi connectivity index (χ0v) is 16.2. The van der Waals surface area contributed by atoms with Crippen LogP contribution in [0.4, 0.5) is 0 Å². The molecule has 0 aliphatic heterocycles. The van der Waals surface area contributed by atoms with E-state index in [0.717, 1.165) is 44.1 Å². The van der Waals surface area contributed by atoms with Crippen molar-refractivity contribution in [1.82, 2.24) is 10.6 Å². The maximum Gasteiger partial charge on any atom is 0.223 e. The Morgan fingerprint density at radius 1 is 1.11 bits per heavy atom. The highest BCUT2D eigenvalue weighted by Gasteiger charge is 2.47. The number of nitrogens with one attached hydrogen (secondary N) is 2. The summed E-state index contributed by atoms with van der Waals surface area (Å²) in [6.07, 6.45) is 5.26. The molecule has 5 nitrogen and oxygen atoms in total. The van der Waals surface area contributed by atoms with Crippen molar-refractivity contribution in [3.8, 4) is 0 Å². The van der Waals surface area contributed by atoms with Gasteiger partial charge in [-0.05, 0) is 43.6 Å². The summed E-state index contributed by atoms with van der Waals surface area (Å²) in [5, 5.41) is 17.1. The Morgan fingerprint density at radius 2 is 1.89 bits per heavy atom. The zero-order valence-electron chi connectivity index (χ0n) is 16.2. The molecule has 2 fully saturated rings. The third-order valence-electron chi connectivity index (χ3n) is 6.22. The van der Waals surface area contributed by atoms with E-state index in [-0.39, 0.29) is 29.7 Å². The first kappa shape index (κ1) is 19.9. The first-order valence-corrected chi connectivity index (χ1v) is 10.4. The van der Waals surface area contributed by atoms with Gasteiger partial charge in [-0.1, -0.05) is 43.7 Å². The van der Waals surface area contributed by atoms with Crippen LogP contribution in [0.2, 0.25) is 0 Å². The Bertz CT molecular complexity index is 634. The molecule has 0 radical (unpaired) electrons. The lowest BCUT2D eigenvalue weighted by Gasteiger charge is -2.31. The second kappa shape index (κ2) is 9.36. The Hall–Kier alpha value is -1.88. The van der Waals surface area contributed by atoms with E-state index in [4.69, 9.17) is 0 Å². The molecule has 3 N–H and O–H groups in total. The van der Waals surface area contributed by atoms with Crippen molar-refractivity contribution in [1.29, 1.82) is 0 Å². The van der Waals surface area contributed by atoms with Crippen LogP contribution >= 0.6 is 0 Å². The summed E-state index contributed by atoms with van der Waals surface area (Å²) in [5.41, 5.74) is 1.08. The van der Waals surface area contributed by atoms with Crippen LogP contribution in [0.15, 0.2) is 30.3 Å². The van der Waals surface area contributed by atoms with Crippen molar-refractivity contribution in [3.05, 3.63) is 35.9 Å². The zero-order chi connectivity index (χ0) is 19.2. The molecule has 0 bridgehead atoms. The van der Waals surface area contributed by atoms with Crippen LogP contribution in [0.25, 0.3) is 0 Å². The maximum atomic E-state index is 12.9. The molecule has 5 heteroatoms. The van der Waals surface area contributed by atoms with Crippen LogP contribution < -0.4 is 10.6 Å². The molecule has 1 aromatic rings. The van der Waals surface area contributed by atoms with E-state index in [1.165, 1.54) is 0 Å². The van der Waals surface area contributed by atoms with E-state index >= 15 is 0 Å². The molecule has 27 heavy (non-hydrogen) atoms. The van der Waals surface area contributed by atoms with Crippen molar-refractivity contribution >= 4 is 11.8 Å². The molecule has 2 amide bonds. The van der Waals surface area contributed by atoms with Gasteiger partial charge in [0.05, 0.1) is 12.1 Å². The highest BCUT2D eigenvalue weighted by Crippen LogP contribution is 2.45. The number of hydrogen-bond acceptors (Lipinski definition) is 3. The summed E-state index contributed by atoms with van der Waals surface area (Å²) < 4.78 is 0. The van der Waals surface area contributed by atoms with E-state index in [1.807, 2.05) is 37.3 Å². The standard InChI is InChI=1S/C22H32N2O3/c1-2-7-19(25)24-18-11-6-10-16-12-13-17(20(16)21(18)26)22(27)23-14-15-8-4-3-5-9-15/h3-5,8-9,16-18,20-21,26H,2,6-7,10-14H2,1H3,(H,23,27)(H,24,25)/t16-,17+,18-,20+,21-/m0/s1. The Balaban J connectivity index is 1.64. The molecular formula is C22H32N2O3. The minimum Gasteiger partial charge on any atom is -0.391 e. The van der Waals surface area contributed by atoms with Crippen LogP contribution in [-0.2, 0) is 16.1 Å². The molecule has 2 aliphatic rings. The van der Waals surface area contributed by atoms with Gasteiger partial charge in [-0.25, -0.2) is 0 Å².